The van der Waals surface area contributed by atoms with E-state index in [1.54, 1.807) is 23.9 Å². The zero-order valence-corrected chi connectivity index (χ0v) is 15.5. The van der Waals surface area contributed by atoms with Gasteiger partial charge in [0.1, 0.15) is 0 Å². The molecule has 136 valence electrons. The van der Waals surface area contributed by atoms with Crippen LogP contribution in [0.4, 0.5) is 0 Å². The topological polar surface area (TPSA) is 56.8 Å². The number of piperidine rings is 1. The minimum absolute atomic E-state index is 0.00615. The summed E-state index contributed by atoms with van der Waals surface area (Å²) in [5.41, 5.74) is 1.88. The highest BCUT2D eigenvalue weighted by molar-refractivity contribution is 5.89. The molecule has 0 unspecified atom stereocenters. The summed E-state index contributed by atoms with van der Waals surface area (Å²) in [4.78, 5) is 35.0. The van der Waals surface area contributed by atoms with Crippen molar-refractivity contribution in [3.05, 3.63) is 29.6 Å². The number of carbonyl (C=O) groups excluding carboxylic acids is 2. The number of rotatable bonds is 4. The van der Waals surface area contributed by atoms with Crippen LogP contribution in [0.25, 0.3) is 0 Å². The predicted molar refractivity (Wildman–Crippen MR) is 95.8 cm³/mol. The highest BCUT2D eigenvalue weighted by Gasteiger charge is 2.48. The molecule has 0 N–H and O–H groups in total. The van der Waals surface area contributed by atoms with Gasteiger partial charge in [-0.05, 0) is 51.4 Å². The van der Waals surface area contributed by atoms with Crippen LogP contribution in [0.15, 0.2) is 18.2 Å². The standard InChI is InChI=1S/C19H28N4O2/c1-15-5-4-6-16(20-15)13-22-10-7-19(8-11-22)9-12-23(18(19)25)14-17(24)21(2)3/h4-6H,7-14H2,1-3H3. The summed E-state index contributed by atoms with van der Waals surface area (Å²) >= 11 is 0. The Balaban J connectivity index is 1.56. The summed E-state index contributed by atoms with van der Waals surface area (Å²) < 4.78 is 0. The molecule has 0 bridgehead atoms. The van der Waals surface area contributed by atoms with Gasteiger partial charge in [-0.3, -0.25) is 19.5 Å². The second-order valence-electron chi connectivity index (χ2n) is 7.59. The third-order valence-corrected chi connectivity index (χ3v) is 5.57. The average molecular weight is 344 g/mol. The Hall–Kier alpha value is -1.95. The Bertz CT molecular complexity index is 651. The number of hydrogen-bond acceptors (Lipinski definition) is 4. The molecule has 25 heavy (non-hydrogen) atoms. The maximum absolute atomic E-state index is 12.9. The first-order valence-corrected chi connectivity index (χ1v) is 9.04. The monoisotopic (exact) mass is 344 g/mol. The van der Waals surface area contributed by atoms with Crippen molar-refractivity contribution in [2.75, 3.05) is 40.3 Å². The van der Waals surface area contributed by atoms with Gasteiger partial charge in [0.15, 0.2) is 0 Å². The molecule has 0 radical (unpaired) electrons. The molecule has 1 aromatic heterocycles. The lowest BCUT2D eigenvalue weighted by atomic mass is 9.77. The minimum atomic E-state index is -0.247. The SMILES string of the molecule is Cc1cccc(CN2CCC3(CC2)CCN(CC(=O)N(C)C)C3=O)n1. The van der Waals surface area contributed by atoms with Gasteiger partial charge < -0.3 is 9.80 Å². The normalized spacial score (nSPS) is 20.3. The van der Waals surface area contributed by atoms with Crippen molar-refractivity contribution in [1.82, 2.24) is 19.7 Å². The molecule has 3 rings (SSSR count). The summed E-state index contributed by atoms with van der Waals surface area (Å²) in [5, 5.41) is 0. The number of amides is 2. The lowest BCUT2D eigenvalue weighted by Gasteiger charge is -2.37. The molecule has 2 saturated heterocycles. The van der Waals surface area contributed by atoms with Crippen LogP contribution in [-0.2, 0) is 16.1 Å². The van der Waals surface area contributed by atoms with Crippen LogP contribution in [0.5, 0.6) is 0 Å². The van der Waals surface area contributed by atoms with Crippen LogP contribution in [0.1, 0.15) is 30.7 Å². The third kappa shape index (κ3) is 3.84. The second-order valence-corrected chi connectivity index (χ2v) is 7.59. The molecule has 0 atom stereocenters. The minimum Gasteiger partial charge on any atom is -0.347 e. The Morgan fingerprint density at radius 3 is 2.52 bits per heavy atom. The van der Waals surface area contributed by atoms with Gasteiger partial charge in [0, 0.05) is 32.9 Å². The lowest BCUT2D eigenvalue weighted by Crippen LogP contribution is -2.46. The molecule has 6 heteroatoms. The number of aromatic nitrogens is 1. The van der Waals surface area contributed by atoms with Gasteiger partial charge in [-0.2, -0.15) is 0 Å². The summed E-state index contributed by atoms with van der Waals surface area (Å²) in [6.07, 6.45) is 2.64. The van der Waals surface area contributed by atoms with E-state index in [4.69, 9.17) is 0 Å². The summed E-state index contributed by atoms with van der Waals surface area (Å²) in [6, 6.07) is 6.12. The maximum atomic E-state index is 12.9. The largest absolute Gasteiger partial charge is 0.347 e. The Morgan fingerprint density at radius 1 is 1.20 bits per heavy atom. The first-order chi connectivity index (χ1) is 11.9. The fraction of sp³-hybridized carbons (Fsp3) is 0.632. The molecule has 2 aliphatic rings. The predicted octanol–water partition coefficient (Wildman–Crippen LogP) is 1.29. The Kier molecular flexibility index (Phi) is 5.08. The van der Waals surface area contributed by atoms with Crippen LogP contribution >= 0.6 is 0 Å². The Labute approximate surface area is 149 Å². The molecular weight excluding hydrogens is 316 g/mol. The molecule has 0 aliphatic carbocycles. The highest BCUT2D eigenvalue weighted by Crippen LogP contribution is 2.41. The zero-order valence-electron chi connectivity index (χ0n) is 15.5. The molecule has 2 fully saturated rings. The first-order valence-electron chi connectivity index (χ1n) is 9.04. The van der Waals surface area contributed by atoms with Gasteiger partial charge in [0.2, 0.25) is 11.8 Å². The molecule has 1 spiro atoms. The van der Waals surface area contributed by atoms with E-state index in [9.17, 15) is 9.59 Å². The van der Waals surface area contributed by atoms with Crippen molar-refractivity contribution in [2.45, 2.75) is 32.7 Å². The zero-order chi connectivity index (χ0) is 18.0. The fourth-order valence-corrected chi connectivity index (χ4v) is 3.87. The van der Waals surface area contributed by atoms with E-state index in [1.165, 1.54) is 0 Å². The Morgan fingerprint density at radius 2 is 1.88 bits per heavy atom. The summed E-state index contributed by atoms with van der Waals surface area (Å²) in [7, 11) is 3.47. The van der Waals surface area contributed by atoms with Gasteiger partial charge in [-0.1, -0.05) is 6.07 Å². The fourth-order valence-electron chi connectivity index (χ4n) is 3.87. The second kappa shape index (κ2) is 7.12. The van der Waals surface area contributed by atoms with Crippen LogP contribution in [0, 0.1) is 12.3 Å². The van der Waals surface area contributed by atoms with Crippen molar-refractivity contribution >= 4 is 11.8 Å². The molecule has 0 saturated carbocycles. The van der Waals surface area contributed by atoms with E-state index >= 15 is 0 Å². The van der Waals surface area contributed by atoms with E-state index in [0.717, 1.165) is 50.3 Å². The van der Waals surface area contributed by atoms with E-state index in [0.29, 0.717) is 6.54 Å². The van der Waals surface area contributed by atoms with Gasteiger partial charge in [0.25, 0.3) is 0 Å². The van der Waals surface area contributed by atoms with Crippen LogP contribution in [0.2, 0.25) is 0 Å². The maximum Gasteiger partial charge on any atom is 0.241 e. The first kappa shape index (κ1) is 17.9. The van der Waals surface area contributed by atoms with Gasteiger partial charge >= 0.3 is 0 Å². The number of likely N-dealkylation sites (tertiary alicyclic amines) is 2. The van der Waals surface area contributed by atoms with Gasteiger partial charge in [0.05, 0.1) is 17.7 Å². The smallest absolute Gasteiger partial charge is 0.241 e. The van der Waals surface area contributed by atoms with Crippen molar-refractivity contribution < 1.29 is 9.59 Å². The number of likely N-dealkylation sites (N-methyl/N-ethyl adjacent to an activating group) is 1. The van der Waals surface area contributed by atoms with Crippen molar-refractivity contribution in [1.29, 1.82) is 0 Å². The molecule has 2 aliphatic heterocycles. The number of nitrogens with zero attached hydrogens (tertiary/aromatic N) is 4. The van der Waals surface area contributed by atoms with Gasteiger partial charge in [-0.15, -0.1) is 0 Å². The molecule has 0 aromatic carbocycles. The molecule has 6 nitrogen and oxygen atoms in total. The quantitative estimate of drug-likeness (QED) is 0.826. The van der Waals surface area contributed by atoms with E-state index < -0.39 is 0 Å². The van der Waals surface area contributed by atoms with Gasteiger partial charge in [-0.25, -0.2) is 0 Å². The average Bonchev–Trinajstić information content (AvgIpc) is 2.87. The van der Waals surface area contributed by atoms with Crippen molar-refractivity contribution in [3.8, 4) is 0 Å². The molecular formula is C19H28N4O2. The lowest BCUT2D eigenvalue weighted by molar-refractivity contribution is -0.143. The number of carbonyl (C=O) groups is 2. The summed E-state index contributed by atoms with van der Waals surface area (Å²) in [5.74, 6) is 0.171. The van der Waals surface area contributed by atoms with Crippen molar-refractivity contribution in [3.63, 3.8) is 0 Å². The van der Waals surface area contributed by atoms with Crippen molar-refractivity contribution in [2.24, 2.45) is 5.41 Å². The van der Waals surface area contributed by atoms with Crippen LogP contribution in [0.3, 0.4) is 0 Å². The van der Waals surface area contributed by atoms with Crippen LogP contribution < -0.4 is 0 Å². The number of hydrogen-bond donors (Lipinski definition) is 0. The van der Waals surface area contributed by atoms with E-state index in [2.05, 4.69) is 16.0 Å². The molecule has 3 heterocycles. The highest BCUT2D eigenvalue weighted by atomic mass is 16.2. The van der Waals surface area contributed by atoms with E-state index in [-0.39, 0.29) is 23.8 Å². The van der Waals surface area contributed by atoms with Crippen LogP contribution in [-0.4, -0.2) is 71.8 Å². The third-order valence-electron chi connectivity index (χ3n) is 5.57. The summed E-state index contributed by atoms with van der Waals surface area (Å²) in [6.45, 7) is 5.60. The number of aryl methyl sites for hydroxylation is 1. The molecule has 2 amide bonds. The van der Waals surface area contributed by atoms with E-state index in [1.807, 2.05) is 19.1 Å². The molecule has 1 aromatic rings. The number of pyridine rings is 1.